The molecule has 0 bridgehead atoms. The largest absolute Gasteiger partial charge is 0.305 e. The van der Waals surface area contributed by atoms with Gasteiger partial charge in [-0.1, -0.05) is 39.0 Å². The summed E-state index contributed by atoms with van der Waals surface area (Å²) < 4.78 is 0. The van der Waals surface area contributed by atoms with Gasteiger partial charge in [0.1, 0.15) is 0 Å². The normalized spacial score (nSPS) is 10.9. The van der Waals surface area contributed by atoms with Gasteiger partial charge in [-0.05, 0) is 20.0 Å². The summed E-state index contributed by atoms with van der Waals surface area (Å²) in [6, 6.07) is 0. The molecule has 0 saturated heterocycles. The van der Waals surface area contributed by atoms with E-state index in [2.05, 4.69) is 14.0 Å². The zero-order chi connectivity index (χ0) is 8.53. The van der Waals surface area contributed by atoms with Gasteiger partial charge in [0, 0.05) is 7.05 Å². The minimum Gasteiger partial charge on any atom is -0.305 e. The second kappa shape index (κ2) is 8.06. The fourth-order valence-electron chi connectivity index (χ4n) is 1.16. The molecule has 0 atom stereocenters. The standard InChI is InChI=1S/C10H22N/c1-4-5-6-7-8-9-10-11(2)3/h2,4-10H2,1,3H3. The molecule has 0 N–H and O–H groups in total. The first-order valence-electron chi connectivity index (χ1n) is 4.79. The summed E-state index contributed by atoms with van der Waals surface area (Å²) in [6.45, 7) is 3.40. The van der Waals surface area contributed by atoms with E-state index in [1.165, 1.54) is 38.5 Å². The number of unbranched alkanes of at least 4 members (excludes halogenated alkanes) is 5. The Kier molecular flexibility index (Phi) is 8.03. The lowest BCUT2D eigenvalue weighted by Crippen LogP contribution is -2.09. The van der Waals surface area contributed by atoms with E-state index in [0.29, 0.717) is 0 Å². The second-order valence-electron chi connectivity index (χ2n) is 3.35. The summed E-state index contributed by atoms with van der Waals surface area (Å²) in [7, 11) is 5.84. The third kappa shape index (κ3) is 9.96. The molecule has 1 radical (unpaired) electrons. The van der Waals surface area contributed by atoms with Crippen LogP contribution in [0.15, 0.2) is 0 Å². The third-order valence-electron chi connectivity index (χ3n) is 1.89. The SMILES string of the molecule is [CH2]N(C)CCCCCCCC. The predicted molar refractivity (Wildman–Crippen MR) is 51.4 cm³/mol. The minimum absolute atomic E-state index is 1.14. The summed E-state index contributed by atoms with van der Waals surface area (Å²) in [5, 5.41) is 0. The Labute approximate surface area is 71.8 Å². The Bertz CT molecular complexity index is 69.3. The number of nitrogens with zero attached hydrogens (tertiary/aromatic N) is 1. The maximum Gasteiger partial charge on any atom is 0.0106 e. The van der Waals surface area contributed by atoms with E-state index >= 15 is 0 Å². The lowest BCUT2D eigenvalue weighted by atomic mass is 10.1. The van der Waals surface area contributed by atoms with E-state index in [9.17, 15) is 0 Å². The van der Waals surface area contributed by atoms with E-state index in [4.69, 9.17) is 0 Å². The fourth-order valence-corrected chi connectivity index (χ4v) is 1.16. The quantitative estimate of drug-likeness (QED) is 0.512. The van der Waals surface area contributed by atoms with Crippen molar-refractivity contribution in [2.75, 3.05) is 13.6 Å². The smallest absolute Gasteiger partial charge is 0.0106 e. The van der Waals surface area contributed by atoms with Gasteiger partial charge in [0.25, 0.3) is 0 Å². The Morgan fingerprint density at radius 1 is 1.00 bits per heavy atom. The van der Waals surface area contributed by atoms with Gasteiger partial charge in [0.15, 0.2) is 0 Å². The van der Waals surface area contributed by atoms with Crippen LogP contribution in [0.5, 0.6) is 0 Å². The Morgan fingerprint density at radius 3 is 2.09 bits per heavy atom. The summed E-state index contributed by atoms with van der Waals surface area (Å²) in [5.41, 5.74) is 0. The van der Waals surface area contributed by atoms with Crippen LogP contribution in [-0.2, 0) is 0 Å². The first kappa shape index (κ1) is 11.0. The van der Waals surface area contributed by atoms with Gasteiger partial charge >= 0.3 is 0 Å². The van der Waals surface area contributed by atoms with E-state index in [0.717, 1.165) is 6.54 Å². The van der Waals surface area contributed by atoms with Crippen LogP contribution in [0.4, 0.5) is 0 Å². The zero-order valence-electron chi connectivity index (χ0n) is 8.10. The average molecular weight is 156 g/mol. The van der Waals surface area contributed by atoms with Crippen LogP contribution in [0.2, 0.25) is 0 Å². The maximum absolute atomic E-state index is 3.81. The maximum atomic E-state index is 3.81. The minimum atomic E-state index is 1.14. The summed E-state index contributed by atoms with van der Waals surface area (Å²) in [6.07, 6.45) is 8.25. The molecule has 1 nitrogen and oxygen atoms in total. The van der Waals surface area contributed by atoms with Crippen molar-refractivity contribution >= 4 is 0 Å². The van der Waals surface area contributed by atoms with Gasteiger partial charge in [-0.25, -0.2) is 0 Å². The fraction of sp³-hybridized carbons (Fsp3) is 0.900. The molecule has 0 aromatic rings. The number of rotatable bonds is 7. The molecule has 67 valence electrons. The van der Waals surface area contributed by atoms with E-state index < -0.39 is 0 Å². The molecule has 11 heavy (non-hydrogen) atoms. The summed E-state index contributed by atoms with van der Waals surface area (Å²) in [5.74, 6) is 0. The van der Waals surface area contributed by atoms with Gasteiger partial charge in [-0.3, -0.25) is 0 Å². The van der Waals surface area contributed by atoms with Crippen molar-refractivity contribution in [2.45, 2.75) is 45.4 Å². The van der Waals surface area contributed by atoms with Crippen LogP contribution < -0.4 is 0 Å². The van der Waals surface area contributed by atoms with Crippen molar-refractivity contribution in [3.63, 3.8) is 0 Å². The summed E-state index contributed by atoms with van der Waals surface area (Å²) in [4.78, 5) is 2.01. The molecule has 0 amide bonds. The molecule has 0 aromatic heterocycles. The Morgan fingerprint density at radius 2 is 1.55 bits per heavy atom. The highest BCUT2D eigenvalue weighted by atomic mass is 15.0. The Balaban J connectivity index is 2.80. The third-order valence-corrected chi connectivity index (χ3v) is 1.89. The molecule has 0 aliphatic carbocycles. The van der Waals surface area contributed by atoms with Crippen LogP contribution in [0.1, 0.15) is 45.4 Å². The summed E-state index contributed by atoms with van der Waals surface area (Å²) >= 11 is 0. The molecular weight excluding hydrogens is 134 g/mol. The van der Waals surface area contributed by atoms with Crippen molar-refractivity contribution in [2.24, 2.45) is 0 Å². The molecule has 0 aliphatic heterocycles. The number of hydrogen-bond acceptors (Lipinski definition) is 1. The van der Waals surface area contributed by atoms with Gasteiger partial charge < -0.3 is 4.90 Å². The molecule has 0 fully saturated rings. The highest BCUT2D eigenvalue weighted by Crippen LogP contribution is 2.04. The molecule has 0 aliphatic rings. The number of hydrogen-bond donors (Lipinski definition) is 0. The van der Waals surface area contributed by atoms with E-state index in [1.54, 1.807) is 0 Å². The zero-order valence-corrected chi connectivity index (χ0v) is 8.10. The van der Waals surface area contributed by atoms with Crippen molar-refractivity contribution in [3.8, 4) is 0 Å². The lowest BCUT2D eigenvalue weighted by molar-refractivity contribution is 0.424. The molecule has 0 spiro atoms. The molecular formula is C10H22N. The molecule has 0 aromatic carbocycles. The first-order valence-corrected chi connectivity index (χ1v) is 4.79. The van der Waals surface area contributed by atoms with Gasteiger partial charge in [0.05, 0.1) is 0 Å². The van der Waals surface area contributed by atoms with E-state index in [1.807, 2.05) is 11.9 Å². The van der Waals surface area contributed by atoms with Gasteiger partial charge in [-0.2, -0.15) is 0 Å². The second-order valence-corrected chi connectivity index (χ2v) is 3.35. The van der Waals surface area contributed by atoms with Crippen molar-refractivity contribution < 1.29 is 0 Å². The predicted octanol–water partition coefficient (Wildman–Crippen LogP) is 3.07. The monoisotopic (exact) mass is 156 g/mol. The first-order chi connectivity index (χ1) is 5.27. The van der Waals surface area contributed by atoms with Crippen LogP contribution in [0, 0.1) is 7.05 Å². The van der Waals surface area contributed by atoms with Crippen molar-refractivity contribution in [1.29, 1.82) is 0 Å². The van der Waals surface area contributed by atoms with E-state index in [-0.39, 0.29) is 0 Å². The highest BCUT2D eigenvalue weighted by Gasteiger charge is 1.91. The molecule has 0 unspecified atom stereocenters. The molecule has 1 heteroatoms. The van der Waals surface area contributed by atoms with Crippen LogP contribution in [0.3, 0.4) is 0 Å². The van der Waals surface area contributed by atoms with Gasteiger partial charge in [-0.15, -0.1) is 0 Å². The molecule has 0 saturated carbocycles. The van der Waals surface area contributed by atoms with Gasteiger partial charge in [0.2, 0.25) is 0 Å². The highest BCUT2D eigenvalue weighted by molar-refractivity contribution is 4.49. The molecule has 0 heterocycles. The van der Waals surface area contributed by atoms with Crippen LogP contribution in [-0.4, -0.2) is 18.5 Å². The Hall–Kier alpha value is -0.0400. The van der Waals surface area contributed by atoms with Crippen LogP contribution >= 0.6 is 0 Å². The molecule has 0 rings (SSSR count). The lowest BCUT2D eigenvalue weighted by Gasteiger charge is -2.07. The van der Waals surface area contributed by atoms with Crippen molar-refractivity contribution in [3.05, 3.63) is 7.05 Å². The van der Waals surface area contributed by atoms with Crippen LogP contribution in [0.25, 0.3) is 0 Å². The van der Waals surface area contributed by atoms with Crippen molar-refractivity contribution in [1.82, 2.24) is 4.90 Å². The topological polar surface area (TPSA) is 3.24 Å². The average Bonchev–Trinajstić information content (AvgIpc) is 1.96.